The molecule has 362 valence electrons. The average Bonchev–Trinajstić information content (AvgIpc) is 3.25. The number of hydrogen-bond acceptors (Lipinski definition) is 10. The number of nitrogens with two attached hydrogens (primary N) is 5. The van der Waals surface area contributed by atoms with E-state index in [2.05, 4.69) is 26.6 Å². The maximum Gasteiger partial charge on any atom is 0.242 e. The normalized spacial score (nSPS) is 12.6. The van der Waals surface area contributed by atoms with Gasteiger partial charge in [-0.15, -0.1) is 0 Å². The van der Waals surface area contributed by atoms with Crippen LogP contribution in [-0.4, -0.2) is 92.8 Å². The van der Waals surface area contributed by atoms with Crippen LogP contribution in [0, 0.1) is 0 Å². The topological polar surface area (TPSA) is 293 Å². The van der Waals surface area contributed by atoms with E-state index < -0.39 is 24.0 Å². The van der Waals surface area contributed by atoms with Crippen LogP contribution in [0.2, 0.25) is 0 Å². The third-order valence-electron chi connectivity index (χ3n) is 11.2. The van der Waals surface area contributed by atoms with E-state index in [1.807, 2.05) is 0 Å². The zero-order valence-corrected chi connectivity index (χ0v) is 38.7. The van der Waals surface area contributed by atoms with Gasteiger partial charge in [-0.1, -0.05) is 83.5 Å². The van der Waals surface area contributed by atoms with Crippen molar-refractivity contribution >= 4 is 35.4 Å². The van der Waals surface area contributed by atoms with E-state index in [0.717, 1.165) is 122 Å². The van der Waals surface area contributed by atoms with Crippen molar-refractivity contribution in [1.29, 1.82) is 0 Å². The molecular weight excluding hydrogens is 789 g/mol. The fraction of sp³-hybridized carbons (Fsp3) is 0.870. The number of nitrogens with one attached hydrogen (secondary N) is 5. The molecule has 0 unspecified atom stereocenters. The van der Waals surface area contributed by atoms with Crippen molar-refractivity contribution in [3.8, 4) is 0 Å². The minimum atomic E-state index is -0.660. The van der Waals surface area contributed by atoms with Crippen molar-refractivity contribution < 1.29 is 28.8 Å². The van der Waals surface area contributed by atoms with Gasteiger partial charge in [0, 0.05) is 32.4 Å². The van der Waals surface area contributed by atoms with Gasteiger partial charge in [0.2, 0.25) is 35.4 Å². The molecular formula is C46H92N10O6. The van der Waals surface area contributed by atoms with E-state index in [1.54, 1.807) is 0 Å². The van der Waals surface area contributed by atoms with Crippen molar-refractivity contribution in [3.63, 3.8) is 0 Å². The lowest BCUT2D eigenvalue weighted by molar-refractivity contribution is -0.129. The van der Waals surface area contributed by atoms with Gasteiger partial charge in [-0.3, -0.25) is 28.8 Å². The molecule has 0 saturated carbocycles. The summed E-state index contributed by atoms with van der Waals surface area (Å²) in [5, 5.41) is 14.6. The van der Waals surface area contributed by atoms with Gasteiger partial charge in [0.25, 0.3) is 0 Å². The predicted molar refractivity (Wildman–Crippen MR) is 250 cm³/mol. The molecule has 0 aromatic heterocycles. The van der Waals surface area contributed by atoms with Crippen molar-refractivity contribution in [2.75, 3.05) is 39.3 Å². The molecule has 0 aromatic carbocycles. The summed E-state index contributed by atoms with van der Waals surface area (Å²) < 4.78 is 0. The summed E-state index contributed by atoms with van der Waals surface area (Å²) in [4.78, 5) is 75.3. The highest BCUT2D eigenvalue weighted by molar-refractivity contribution is 5.88. The standard InChI is InChI=1S/C46H92N10O6/c47-32-20-11-5-3-1-2-4-8-14-30-42(58)55-39(27-18-22-34-49)45(61)53-37-25-13-7-10-16-31-43(59)56-40(28-19-23-35-50)46(62)52-36-24-12-6-9-15-29-41(57)54-38(44(51)60)26-17-21-33-48/h38-40H,1-37,47-50H2,(H2,51,60)(H,52,62)(H,53,61)(H,54,57)(H,55,58)(H,56,59)/t38-,39-,40-/m0/s1. The van der Waals surface area contributed by atoms with Gasteiger partial charge >= 0.3 is 0 Å². The third kappa shape index (κ3) is 36.2. The Hall–Kier alpha value is -3.34. The van der Waals surface area contributed by atoms with Crippen LogP contribution in [0.25, 0.3) is 0 Å². The lowest BCUT2D eigenvalue weighted by atomic mass is 10.1. The summed E-state index contributed by atoms with van der Waals surface area (Å²) in [7, 11) is 0. The smallest absolute Gasteiger partial charge is 0.242 e. The van der Waals surface area contributed by atoms with E-state index in [4.69, 9.17) is 28.7 Å². The molecule has 16 nitrogen and oxygen atoms in total. The van der Waals surface area contributed by atoms with E-state index in [9.17, 15) is 28.8 Å². The van der Waals surface area contributed by atoms with Crippen molar-refractivity contribution in [3.05, 3.63) is 0 Å². The van der Waals surface area contributed by atoms with Crippen LogP contribution in [0.5, 0.6) is 0 Å². The van der Waals surface area contributed by atoms with Gasteiger partial charge in [-0.05, 0) is 122 Å². The van der Waals surface area contributed by atoms with Gasteiger partial charge in [-0.2, -0.15) is 0 Å². The average molecular weight is 881 g/mol. The van der Waals surface area contributed by atoms with Crippen LogP contribution in [0.3, 0.4) is 0 Å². The summed E-state index contributed by atoms with van der Waals surface area (Å²) in [6.45, 7) is 3.42. The molecule has 0 spiro atoms. The Bertz CT molecular complexity index is 1160. The molecule has 0 aliphatic carbocycles. The summed E-state index contributed by atoms with van der Waals surface area (Å²) in [5.74, 6) is -1.24. The Labute approximate surface area is 375 Å². The SMILES string of the molecule is NCCCCCCCCCCCC(=O)N[C@@H](CCCCN)C(=O)NCCCCCCCC(=O)N[C@@H](CCCCN)C(=O)NCCCCCCCC(=O)N[C@@H](CCCCN)C(N)=O. The number of hydrogen-bond donors (Lipinski definition) is 10. The molecule has 3 atom stereocenters. The van der Waals surface area contributed by atoms with Crippen LogP contribution in [0.4, 0.5) is 0 Å². The summed E-state index contributed by atoms with van der Waals surface area (Å²) >= 11 is 0. The molecule has 62 heavy (non-hydrogen) atoms. The minimum absolute atomic E-state index is 0.0702. The zero-order chi connectivity index (χ0) is 45.9. The molecule has 0 aliphatic heterocycles. The molecule has 0 saturated heterocycles. The van der Waals surface area contributed by atoms with E-state index in [1.165, 1.54) is 32.1 Å². The molecule has 0 heterocycles. The predicted octanol–water partition coefficient (Wildman–Crippen LogP) is 4.09. The first-order chi connectivity index (χ1) is 30.1. The van der Waals surface area contributed by atoms with E-state index >= 15 is 0 Å². The fourth-order valence-corrected chi connectivity index (χ4v) is 7.32. The van der Waals surface area contributed by atoms with Crippen LogP contribution >= 0.6 is 0 Å². The van der Waals surface area contributed by atoms with Gasteiger partial charge in [0.15, 0.2) is 0 Å². The van der Waals surface area contributed by atoms with Crippen molar-refractivity contribution in [2.45, 2.75) is 217 Å². The lowest BCUT2D eigenvalue weighted by Gasteiger charge is -2.19. The zero-order valence-electron chi connectivity index (χ0n) is 38.7. The molecule has 0 aromatic rings. The maximum atomic E-state index is 13.0. The molecule has 0 bridgehead atoms. The van der Waals surface area contributed by atoms with Gasteiger partial charge in [-0.25, -0.2) is 0 Å². The largest absolute Gasteiger partial charge is 0.368 e. The fourth-order valence-electron chi connectivity index (χ4n) is 7.32. The first-order valence-electron chi connectivity index (χ1n) is 24.6. The maximum absolute atomic E-state index is 13.0. The van der Waals surface area contributed by atoms with Gasteiger partial charge in [0.1, 0.15) is 18.1 Å². The number of primary amides is 1. The molecule has 0 aliphatic rings. The monoisotopic (exact) mass is 881 g/mol. The first-order valence-corrected chi connectivity index (χ1v) is 24.6. The quantitative estimate of drug-likeness (QED) is 0.0391. The number of rotatable bonds is 45. The summed E-state index contributed by atoms with van der Waals surface area (Å²) in [6.07, 6.45) is 25.9. The Morgan fingerprint density at radius 1 is 0.323 bits per heavy atom. The van der Waals surface area contributed by atoms with Crippen LogP contribution < -0.4 is 55.3 Å². The van der Waals surface area contributed by atoms with E-state index in [-0.39, 0.29) is 29.5 Å². The molecule has 6 amide bonds. The second-order valence-corrected chi connectivity index (χ2v) is 17.0. The number of carbonyl (C=O) groups excluding carboxylic acids is 6. The van der Waals surface area contributed by atoms with Crippen LogP contribution in [0.15, 0.2) is 0 Å². The highest BCUT2D eigenvalue weighted by atomic mass is 16.2. The Balaban J connectivity index is 4.33. The van der Waals surface area contributed by atoms with Crippen LogP contribution in [0.1, 0.15) is 199 Å². The molecule has 0 rings (SSSR count). The summed E-state index contributed by atoms with van der Waals surface area (Å²) in [5.41, 5.74) is 27.8. The number of amides is 6. The first kappa shape index (κ1) is 58.7. The highest BCUT2D eigenvalue weighted by Gasteiger charge is 2.21. The Morgan fingerprint density at radius 2 is 0.581 bits per heavy atom. The van der Waals surface area contributed by atoms with Crippen molar-refractivity contribution in [1.82, 2.24) is 26.6 Å². The molecule has 16 heteroatoms. The molecule has 0 radical (unpaired) electrons. The molecule has 15 N–H and O–H groups in total. The second-order valence-electron chi connectivity index (χ2n) is 17.0. The number of carbonyl (C=O) groups is 6. The minimum Gasteiger partial charge on any atom is -0.368 e. The lowest BCUT2D eigenvalue weighted by Crippen LogP contribution is -2.47. The molecule has 0 fully saturated rings. The van der Waals surface area contributed by atoms with Crippen molar-refractivity contribution in [2.24, 2.45) is 28.7 Å². The van der Waals surface area contributed by atoms with E-state index in [0.29, 0.717) is 84.1 Å². The van der Waals surface area contributed by atoms with Gasteiger partial charge in [0.05, 0.1) is 0 Å². The highest BCUT2D eigenvalue weighted by Crippen LogP contribution is 2.12. The number of unbranched alkanes of at least 4 members (excludes halogenated alkanes) is 19. The Morgan fingerprint density at radius 3 is 0.903 bits per heavy atom. The second kappa shape index (κ2) is 42.9. The summed E-state index contributed by atoms with van der Waals surface area (Å²) in [6, 6.07) is -1.81. The van der Waals surface area contributed by atoms with Gasteiger partial charge < -0.3 is 55.3 Å². The van der Waals surface area contributed by atoms with Crippen LogP contribution in [-0.2, 0) is 28.8 Å². The third-order valence-corrected chi connectivity index (χ3v) is 11.2. The Kier molecular flexibility index (Phi) is 40.6.